The van der Waals surface area contributed by atoms with Crippen LogP contribution in [0.1, 0.15) is 104 Å². The summed E-state index contributed by atoms with van der Waals surface area (Å²) >= 11 is 3.53. The molecule has 1 atom stereocenters. The molecule has 1 unspecified atom stereocenters. The molecule has 0 saturated carbocycles. The van der Waals surface area contributed by atoms with Gasteiger partial charge in [0.15, 0.2) is 0 Å². The summed E-state index contributed by atoms with van der Waals surface area (Å²) in [7, 11) is 0. The number of unbranched alkanes of at least 4 members (excludes halogenated alkanes) is 11. The fourth-order valence-electron chi connectivity index (χ4n) is 2.66. The Labute approximate surface area is 131 Å². The van der Waals surface area contributed by atoms with Crippen molar-refractivity contribution in [3.05, 3.63) is 0 Å². The summed E-state index contributed by atoms with van der Waals surface area (Å²) < 4.78 is 0. The van der Waals surface area contributed by atoms with Gasteiger partial charge in [0.05, 0.1) is 0 Å². The summed E-state index contributed by atoms with van der Waals surface area (Å²) in [6, 6.07) is 0. The standard InChI is InChI=1S/C18H37Br/c1-3-4-5-6-7-8-9-10-11-12-13-14-15-18(2)16-17-19/h18H,3-17H2,1-2H3. The van der Waals surface area contributed by atoms with Crippen LogP contribution in [0.4, 0.5) is 0 Å². The van der Waals surface area contributed by atoms with Crippen molar-refractivity contribution in [1.29, 1.82) is 0 Å². The Hall–Kier alpha value is 0.480. The second-order valence-electron chi connectivity index (χ2n) is 6.26. The molecule has 0 aliphatic heterocycles. The van der Waals surface area contributed by atoms with Gasteiger partial charge in [-0.15, -0.1) is 0 Å². The van der Waals surface area contributed by atoms with Gasteiger partial charge in [0.25, 0.3) is 0 Å². The Morgan fingerprint density at radius 2 is 1.05 bits per heavy atom. The van der Waals surface area contributed by atoms with Gasteiger partial charge in [0.1, 0.15) is 0 Å². The second-order valence-corrected chi connectivity index (χ2v) is 7.05. The van der Waals surface area contributed by atoms with Crippen LogP contribution >= 0.6 is 15.9 Å². The third-order valence-corrected chi connectivity index (χ3v) is 4.61. The van der Waals surface area contributed by atoms with Crippen molar-refractivity contribution in [2.75, 3.05) is 5.33 Å². The molecule has 116 valence electrons. The lowest BCUT2D eigenvalue weighted by atomic mass is 9.99. The maximum absolute atomic E-state index is 3.53. The van der Waals surface area contributed by atoms with Gasteiger partial charge >= 0.3 is 0 Å². The molecule has 0 nitrogen and oxygen atoms in total. The number of hydrogen-bond acceptors (Lipinski definition) is 0. The number of rotatable bonds is 15. The molecule has 0 amide bonds. The molecule has 0 aromatic heterocycles. The highest BCUT2D eigenvalue weighted by Crippen LogP contribution is 2.16. The van der Waals surface area contributed by atoms with Crippen molar-refractivity contribution in [3.8, 4) is 0 Å². The van der Waals surface area contributed by atoms with Crippen LogP contribution in [0.5, 0.6) is 0 Å². The third kappa shape index (κ3) is 16.4. The fourth-order valence-corrected chi connectivity index (χ4v) is 3.45. The van der Waals surface area contributed by atoms with Crippen LogP contribution in [-0.4, -0.2) is 5.33 Å². The molecule has 0 bridgehead atoms. The van der Waals surface area contributed by atoms with E-state index in [2.05, 4.69) is 29.8 Å². The lowest BCUT2D eigenvalue weighted by molar-refractivity contribution is 0.472. The minimum absolute atomic E-state index is 0.919. The van der Waals surface area contributed by atoms with Gasteiger partial charge < -0.3 is 0 Å². The minimum Gasteiger partial charge on any atom is -0.0928 e. The van der Waals surface area contributed by atoms with E-state index in [1.165, 1.54) is 95.2 Å². The first-order valence-electron chi connectivity index (χ1n) is 8.87. The summed E-state index contributed by atoms with van der Waals surface area (Å²) in [6.07, 6.45) is 20.3. The zero-order chi connectivity index (χ0) is 14.2. The summed E-state index contributed by atoms with van der Waals surface area (Å²) in [5, 5.41) is 1.17. The average molecular weight is 333 g/mol. The van der Waals surface area contributed by atoms with Gasteiger partial charge in [0, 0.05) is 5.33 Å². The Balaban J connectivity index is 2.99. The Kier molecular flexibility index (Phi) is 17.0. The second kappa shape index (κ2) is 16.5. The molecule has 0 spiro atoms. The number of halogens is 1. The van der Waals surface area contributed by atoms with E-state index in [9.17, 15) is 0 Å². The topological polar surface area (TPSA) is 0 Å². The molecule has 0 saturated heterocycles. The van der Waals surface area contributed by atoms with Crippen LogP contribution in [0.25, 0.3) is 0 Å². The molecule has 0 aliphatic carbocycles. The lowest BCUT2D eigenvalue weighted by Gasteiger charge is -2.08. The Morgan fingerprint density at radius 1 is 0.632 bits per heavy atom. The van der Waals surface area contributed by atoms with Crippen LogP contribution < -0.4 is 0 Å². The highest BCUT2D eigenvalue weighted by Gasteiger charge is 2.00. The van der Waals surface area contributed by atoms with Crippen LogP contribution in [-0.2, 0) is 0 Å². The minimum atomic E-state index is 0.919. The van der Waals surface area contributed by atoms with Gasteiger partial charge in [-0.3, -0.25) is 0 Å². The Morgan fingerprint density at radius 3 is 1.47 bits per heavy atom. The van der Waals surface area contributed by atoms with E-state index in [0.717, 1.165) is 5.92 Å². The van der Waals surface area contributed by atoms with Crippen molar-refractivity contribution < 1.29 is 0 Å². The van der Waals surface area contributed by atoms with Crippen molar-refractivity contribution >= 4 is 15.9 Å². The maximum Gasteiger partial charge on any atom is 0.00338 e. The van der Waals surface area contributed by atoms with E-state index in [1.54, 1.807) is 0 Å². The molecule has 0 radical (unpaired) electrons. The third-order valence-electron chi connectivity index (χ3n) is 4.15. The smallest absolute Gasteiger partial charge is 0.00338 e. The zero-order valence-corrected chi connectivity index (χ0v) is 15.1. The normalized spacial score (nSPS) is 12.8. The van der Waals surface area contributed by atoms with E-state index in [0.29, 0.717) is 0 Å². The first kappa shape index (κ1) is 19.5. The van der Waals surface area contributed by atoms with Crippen LogP contribution in [0.3, 0.4) is 0 Å². The molecule has 0 aromatic carbocycles. The van der Waals surface area contributed by atoms with Crippen LogP contribution in [0.15, 0.2) is 0 Å². The molecular formula is C18H37Br. The average Bonchev–Trinajstić information content (AvgIpc) is 2.40. The van der Waals surface area contributed by atoms with E-state index in [-0.39, 0.29) is 0 Å². The van der Waals surface area contributed by atoms with E-state index in [4.69, 9.17) is 0 Å². The SMILES string of the molecule is CCCCCCCCCCCCCCC(C)CCBr. The maximum atomic E-state index is 3.53. The molecule has 19 heavy (non-hydrogen) atoms. The van der Waals surface area contributed by atoms with Gasteiger partial charge in [-0.25, -0.2) is 0 Å². The number of hydrogen-bond donors (Lipinski definition) is 0. The van der Waals surface area contributed by atoms with E-state index < -0.39 is 0 Å². The molecule has 0 fully saturated rings. The summed E-state index contributed by atoms with van der Waals surface area (Å²) in [4.78, 5) is 0. The van der Waals surface area contributed by atoms with Crippen LogP contribution in [0.2, 0.25) is 0 Å². The van der Waals surface area contributed by atoms with Gasteiger partial charge in [0.2, 0.25) is 0 Å². The van der Waals surface area contributed by atoms with Crippen molar-refractivity contribution in [1.82, 2.24) is 0 Å². The van der Waals surface area contributed by atoms with E-state index in [1.807, 2.05) is 0 Å². The molecule has 0 rings (SSSR count). The van der Waals surface area contributed by atoms with Gasteiger partial charge in [-0.1, -0.05) is 113 Å². The predicted molar refractivity (Wildman–Crippen MR) is 93.3 cm³/mol. The molecule has 0 aliphatic rings. The molecular weight excluding hydrogens is 296 g/mol. The molecule has 1 heteroatoms. The first-order chi connectivity index (χ1) is 9.31. The van der Waals surface area contributed by atoms with Crippen molar-refractivity contribution in [3.63, 3.8) is 0 Å². The van der Waals surface area contributed by atoms with Gasteiger partial charge in [-0.05, 0) is 12.3 Å². The molecule has 0 heterocycles. The van der Waals surface area contributed by atoms with Crippen LogP contribution in [0, 0.1) is 5.92 Å². The highest BCUT2D eigenvalue weighted by molar-refractivity contribution is 9.09. The quantitative estimate of drug-likeness (QED) is 0.215. The first-order valence-corrected chi connectivity index (χ1v) is 9.99. The highest BCUT2D eigenvalue weighted by atomic mass is 79.9. The molecule has 0 aromatic rings. The van der Waals surface area contributed by atoms with Crippen molar-refractivity contribution in [2.45, 2.75) is 104 Å². The van der Waals surface area contributed by atoms with E-state index >= 15 is 0 Å². The summed E-state index contributed by atoms with van der Waals surface area (Å²) in [6.45, 7) is 4.68. The fraction of sp³-hybridized carbons (Fsp3) is 1.00. The predicted octanol–water partition coefficient (Wildman–Crippen LogP) is 7.50. The monoisotopic (exact) mass is 332 g/mol. The largest absolute Gasteiger partial charge is 0.0928 e. The summed E-state index contributed by atoms with van der Waals surface area (Å²) in [5.74, 6) is 0.919. The zero-order valence-electron chi connectivity index (χ0n) is 13.6. The molecule has 0 N–H and O–H groups in total. The van der Waals surface area contributed by atoms with Gasteiger partial charge in [-0.2, -0.15) is 0 Å². The lowest BCUT2D eigenvalue weighted by Crippen LogP contribution is -1.95. The summed E-state index contributed by atoms with van der Waals surface area (Å²) in [5.41, 5.74) is 0. The Bertz CT molecular complexity index is 156. The van der Waals surface area contributed by atoms with Crippen molar-refractivity contribution in [2.24, 2.45) is 5.92 Å². The number of alkyl halides is 1.